The highest BCUT2D eigenvalue weighted by Crippen LogP contribution is 2.44. The molecule has 124 valence electrons. The molecule has 0 aliphatic carbocycles. The molecular weight excluding hydrogens is 332 g/mol. The van der Waals surface area contributed by atoms with Gasteiger partial charge in [-0.2, -0.15) is 13.2 Å². The van der Waals surface area contributed by atoms with Crippen LogP contribution in [0.1, 0.15) is 21.5 Å². The molecule has 3 rings (SSSR count). The third-order valence-electron chi connectivity index (χ3n) is 3.39. The average Bonchev–Trinajstić information content (AvgIpc) is 2.79. The first kappa shape index (κ1) is 15.9. The summed E-state index contributed by atoms with van der Waals surface area (Å²) in [5, 5.41) is 19.0. The number of ketones is 1. The molecule has 0 unspecified atom stereocenters. The molecule has 0 saturated heterocycles. The number of halogens is 4. The predicted octanol–water partition coefficient (Wildman–Crippen LogP) is 3.87. The van der Waals surface area contributed by atoms with Crippen LogP contribution in [0, 0.1) is 5.82 Å². The number of phenolic OH excluding ortho intramolecular Hbond substituents is 2. The van der Waals surface area contributed by atoms with E-state index in [0.717, 1.165) is 18.2 Å². The van der Waals surface area contributed by atoms with Crippen LogP contribution >= 0.6 is 0 Å². The highest BCUT2D eigenvalue weighted by atomic mass is 19.4. The van der Waals surface area contributed by atoms with Gasteiger partial charge in [0.2, 0.25) is 11.5 Å². The molecule has 0 saturated carbocycles. The van der Waals surface area contributed by atoms with E-state index in [9.17, 15) is 32.6 Å². The zero-order valence-electron chi connectivity index (χ0n) is 11.7. The van der Waals surface area contributed by atoms with E-state index in [4.69, 9.17) is 4.74 Å². The molecule has 0 atom stereocenters. The van der Waals surface area contributed by atoms with Crippen molar-refractivity contribution in [2.45, 2.75) is 6.18 Å². The highest BCUT2D eigenvalue weighted by molar-refractivity contribution is 6.15. The van der Waals surface area contributed by atoms with Gasteiger partial charge in [0.05, 0.1) is 11.1 Å². The number of phenols is 2. The minimum atomic E-state index is -4.82. The lowest BCUT2D eigenvalue weighted by atomic mass is 10.1. The first-order valence-corrected chi connectivity index (χ1v) is 6.54. The molecule has 8 heteroatoms. The predicted molar refractivity (Wildman–Crippen MR) is 74.1 cm³/mol. The maximum absolute atomic E-state index is 13.5. The number of carbonyl (C=O) groups is 1. The number of Topliss-reactive ketones (excluding diaryl/α,β-unsaturated/α-hetero) is 1. The number of ether oxygens (including phenoxy) is 1. The third kappa shape index (κ3) is 2.55. The molecule has 4 nitrogen and oxygen atoms in total. The summed E-state index contributed by atoms with van der Waals surface area (Å²) in [5.41, 5.74) is -1.47. The minimum absolute atomic E-state index is 0.0241. The van der Waals surface area contributed by atoms with Gasteiger partial charge in [-0.05, 0) is 35.9 Å². The van der Waals surface area contributed by atoms with Crippen molar-refractivity contribution in [3.8, 4) is 17.2 Å². The smallest absolute Gasteiger partial charge is 0.419 e. The van der Waals surface area contributed by atoms with Crippen LogP contribution in [0.2, 0.25) is 0 Å². The van der Waals surface area contributed by atoms with Crippen LogP contribution in [0.3, 0.4) is 0 Å². The molecule has 0 radical (unpaired) electrons. The van der Waals surface area contributed by atoms with Crippen molar-refractivity contribution in [1.82, 2.24) is 0 Å². The van der Waals surface area contributed by atoms with E-state index in [0.29, 0.717) is 12.1 Å². The Morgan fingerprint density at radius 1 is 1.08 bits per heavy atom. The fraction of sp³-hybridized carbons (Fsp3) is 0.0625. The van der Waals surface area contributed by atoms with Gasteiger partial charge in [-0.25, -0.2) is 4.39 Å². The molecule has 1 aliphatic rings. The molecule has 2 aromatic rings. The number of fused-ring (bicyclic) bond motifs is 1. The van der Waals surface area contributed by atoms with Crippen LogP contribution in [0.25, 0.3) is 6.08 Å². The fourth-order valence-corrected chi connectivity index (χ4v) is 2.23. The van der Waals surface area contributed by atoms with Gasteiger partial charge in [-0.3, -0.25) is 4.79 Å². The van der Waals surface area contributed by atoms with E-state index >= 15 is 0 Å². The molecule has 0 spiro atoms. The van der Waals surface area contributed by atoms with Gasteiger partial charge in [0.15, 0.2) is 17.3 Å². The van der Waals surface area contributed by atoms with Gasteiger partial charge < -0.3 is 14.9 Å². The van der Waals surface area contributed by atoms with Gasteiger partial charge in [-0.1, -0.05) is 6.07 Å². The molecule has 0 amide bonds. The normalized spacial score (nSPS) is 15.5. The van der Waals surface area contributed by atoms with Crippen molar-refractivity contribution in [2.75, 3.05) is 0 Å². The summed E-state index contributed by atoms with van der Waals surface area (Å²) in [7, 11) is 0. The number of aromatic hydroxyl groups is 2. The van der Waals surface area contributed by atoms with Crippen LogP contribution < -0.4 is 4.74 Å². The number of rotatable bonds is 1. The standard InChI is InChI=1S/C16H8F4O4/c17-10-5-7(1-3-9(10)16(18,19)20)6-12-13(22)8-2-4-11(21)14(23)15(8)24-12/h1-6,21,23H. The van der Waals surface area contributed by atoms with Crippen molar-refractivity contribution in [3.05, 3.63) is 58.6 Å². The maximum atomic E-state index is 13.5. The van der Waals surface area contributed by atoms with Gasteiger partial charge in [0.1, 0.15) is 5.82 Å². The summed E-state index contributed by atoms with van der Waals surface area (Å²) in [5.74, 6) is -3.85. The minimum Gasteiger partial charge on any atom is -0.504 e. The van der Waals surface area contributed by atoms with Crippen molar-refractivity contribution < 1.29 is 37.3 Å². The molecule has 0 fully saturated rings. The largest absolute Gasteiger partial charge is 0.504 e. The lowest BCUT2D eigenvalue weighted by Gasteiger charge is -2.08. The van der Waals surface area contributed by atoms with Crippen LogP contribution in [0.15, 0.2) is 36.1 Å². The van der Waals surface area contributed by atoms with E-state index < -0.39 is 34.8 Å². The van der Waals surface area contributed by atoms with Gasteiger partial charge in [-0.15, -0.1) is 0 Å². The monoisotopic (exact) mass is 340 g/mol. The second kappa shape index (κ2) is 5.26. The van der Waals surface area contributed by atoms with E-state index in [-0.39, 0.29) is 22.6 Å². The third-order valence-corrected chi connectivity index (χ3v) is 3.39. The number of hydrogen-bond donors (Lipinski definition) is 2. The number of allylic oxidation sites excluding steroid dienone is 1. The summed E-state index contributed by atoms with van der Waals surface area (Å²) in [6.07, 6.45) is -3.78. The van der Waals surface area contributed by atoms with Gasteiger partial charge >= 0.3 is 6.18 Å². The Morgan fingerprint density at radius 2 is 1.79 bits per heavy atom. The molecule has 2 N–H and O–H groups in total. The van der Waals surface area contributed by atoms with Crippen molar-refractivity contribution in [3.63, 3.8) is 0 Å². The number of hydrogen-bond acceptors (Lipinski definition) is 4. The number of carbonyl (C=O) groups excluding carboxylic acids is 1. The summed E-state index contributed by atoms with van der Waals surface area (Å²) >= 11 is 0. The summed E-state index contributed by atoms with van der Waals surface area (Å²) in [6, 6.07) is 4.47. The van der Waals surface area contributed by atoms with E-state index in [2.05, 4.69) is 0 Å². The van der Waals surface area contributed by atoms with Gasteiger partial charge in [0.25, 0.3) is 0 Å². The highest BCUT2D eigenvalue weighted by Gasteiger charge is 2.34. The fourth-order valence-electron chi connectivity index (χ4n) is 2.23. The molecule has 1 aliphatic heterocycles. The molecule has 0 bridgehead atoms. The molecule has 0 aromatic heterocycles. The lowest BCUT2D eigenvalue weighted by molar-refractivity contribution is -0.140. The molecular formula is C16H8F4O4. The number of alkyl halides is 3. The van der Waals surface area contributed by atoms with Crippen LogP contribution in [0.5, 0.6) is 17.2 Å². The Balaban J connectivity index is 1.98. The quantitative estimate of drug-likeness (QED) is 0.470. The van der Waals surface area contributed by atoms with Crippen LogP contribution in [-0.4, -0.2) is 16.0 Å². The average molecular weight is 340 g/mol. The van der Waals surface area contributed by atoms with E-state index in [1.165, 1.54) is 6.07 Å². The Morgan fingerprint density at radius 3 is 2.42 bits per heavy atom. The second-order valence-electron chi connectivity index (χ2n) is 4.99. The molecule has 24 heavy (non-hydrogen) atoms. The molecule has 1 heterocycles. The second-order valence-corrected chi connectivity index (χ2v) is 4.99. The SMILES string of the molecule is O=C1C(=Cc2ccc(C(F)(F)F)c(F)c2)Oc2c1ccc(O)c2O. The number of benzene rings is 2. The van der Waals surface area contributed by atoms with Crippen LogP contribution in [0.4, 0.5) is 17.6 Å². The lowest BCUT2D eigenvalue weighted by Crippen LogP contribution is -2.08. The Bertz CT molecular complexity index is 884. The van der Waals surface area contributed by atoms with Crippen LogP contribution in [-0.2, 0) is 6.18 Å². The Kier molecular flexibility index (Phi) is 3.47. The first-order valence-electron chi connectivity index (χ1n) is 6.54. The summed E-state index contributed by atoms with van der Waals surface area (Å²) in [4.78, 5) is 12.1. The summed E-state index contributed by atoms with van der Waals surface area (Å²) in [6.45, 7) is 0. The Hall–Kier alpha value is -3.03. The maximum Gasteiger partial charge on any atom is 0.419 e. The zero-order valence-corrected chi connectivity index (χ0v) is 11.7. The molecule has 2 aromatic carbocycles. The zero-order chi connectivity index (χ0) is 17.6. The van der Waals surface area contributed by atoms with Crippen molar-refractivity contribution >= 4 is 11.9 Å². The Labute approximate surface area is 132 Å². The summed E-state index contributed by atoms with van der Waals surface area (Å²) < 4.78 is 56.2. The van der Waals surface area contributed by atoms with E-state index in [1.54, 1.807) is 0 Å². The van der Waals surface area contributed by atoms with Crippen molar-refractivity contribution in [2.24, 2.45) is 0 Å². The topological polar surface area (TPSA) is 66.8 Å². The van der Waals surface area contributed by atoms with E-state index in [1.807, 2.05) is 0 Å². The van der Waals surface area contributed by atoms with Crippen molar-refractivity contribution in [1.29, 1.82) is 0 Å². The first-order chi connectivity index (χ1) is 11.2. The van der Waals surface area contributed by atoms with Gasteiger partial charge in [0, 0.05) is 0 Å².